The summed E-state index contributed by atoms with van der Waals surface area (Å²) in [5.74, 6) is 0. The van der Waals surface area contributed by atoms with Gasteiger partial charge in [0.1, 0.15) is 0 Å². The number of hydrogen-bond donors (Lipinski definition) is 0. The fourth-order valence-corrected chi connectivity index (χ4v) is 0.232. The molecule has 0 fully saturated rings. The van der Waals surface area contributed by atoms with E-state index in [1.807, 2.05) is 0 Å². The Labute approximate surface area is 44.4 Å². The molecule has 0 aliphatic carbocycles. The Balaban J connectivity index is 2.83. The topological polar surface area (TPSA) is 18.5 Å². The smallest absolute Gasteiger partial charge is 0.0840 e. The van der Waals surface area contributed by atoms with Crippen LogP contribution in [0.4, 0.5) is 0 Å². The average molecular weight is 102 g/mol. The monoisotopic (exact) mass is 102 g/mol. The molecule has 0 aromatic heterocycles. The molecule has 0 aliphatic heterocycles. The van der Waals surface area contributed by atoms with Crippen LogP contribution in [-0.2, 0) is 9.47 Å². The van der Waals surface area contributed by atoms with Crippen LogP contribution in [0, 0.1) is 6.92 Å². The molecule has 42 valence electrons. The lowest BCUT2D eigenvalue weighted by Crippen LogP contribution is -2.11. The van der Waals surface area contributed by atoms with E-state index >= 15 is 0 Å². The van der Waals surface area contributed by atoms with Gasteiger partial charge in [-0.05, 0) is 6.92 Å². The van der Waals surface area contributed by atoms with Crippen molar-refractivity contribution in [2.75, 3.05) is 20.8 Å². The molecule has 0 bridgehead atoms. The second kappa shape index (κ2) is 4.09. The van der Waals surface area contributed by atoms with Crippen LogP contribution in [0.1, 0.15) is 0 Å². The molecule has 1 atom stereocenters. The fraction of sp³-hybridized carbons (Fsp3) is 0.800. The first-order valence-electron chi connectivity index (χ1n) is 2.08. The lowest BCUT2D eigenvalue weighted by Gasteiger charge is -2.04. The Morgan fingerprint density at radius 3 is 2.29 bits per heavy atom. The normalized spacial score (nSPS) is 14.1. The van der Waals surface area contributed by atoms with Gasteiger partial charge in [-0.25, -0.2) is 0 Å². The summed E-state index contributed by atoms with van der Waals surface area (Å²) in [7, 11) is 3.13. The Hall–Kier alpha value is -0.0800. The van der Waals surface area contributed by atoms with Gasteiger partial charge in [0.25, 0.3) is 0 Å². The minimum atomic E-state index is -0.273. The molecule has 0 aliphatic rings. The van der Waals surface area contributed by atoms with Crippen molar-refractivity contribution < 1.29 is 9.47 Å². The highest BCUT2D eigenvalue weighted by atomic mass is 16.5. The minimum Gasteiger partial charge on any atom is -0.382 e. The van der Waals surface area contributed by atoms with Gasteiger partial charge in [0, 0.05) is 14.2 Å². The maximum atomic E-state index is 5.24. The highest BCUT2D eigenvalue weighted by Crippen LogP contribution is 1.83. The summed E-state index contributed by atoms with van der Waals surface area (Å²) in [5, 5.41) is 0. The van der Waals surface area contributed by atoms with Gasteiger partial charge in [0.05, 0.1) is 12.7 Å². The van der Waals surface area contributed by atoms with Crippen molar-refractivity contribution in [2.24, 2.45) is 0 Å². The molecule has 2 radical (unpaired) electrons. The summed E-state index contributed by atoms with van der Waals surface area (Å²) in [6, 6.07) is 0. The van der Waals surface area contributed by atoms with Gasteiger partial charge in [-0.2, -0.15) is 0 Å². The van der Waals surface area contributed by atoms with Gasteiger partial charge in [0.2, 0.25) is 0 Å². The van der Waals surface area contributed by atoms with Crippen LogP contribution in [0.5, 0.6) is 0 Å². The zero-order valence-corrected chi connectivity index (χ0v) is 4.68. The molecular weight excluding hydrogens is 92.1 g/mol. The van der Waals surface area contributed by atoms with Gasteiger partial charge in [-0.3, -0.25) is 0 Å². The second-order valence-electron chi connectivity index (χ2n) is 1.23. The van der Waals surface area contributed by atoms with Crippen LogP contribution in [0.25, 0.3) is 0 Å². The van der Waals surface area contributed by atoms with E-state index < -0.39 is 0 Å². The van der Waals surface area contributed by atoms with Gasteiger partial charge >= 0.3 is 0 Å². The highest BCUT2D eigenvalue weighted by Gasteiger charge is 1.93. The largest absolute Gasteiger partial charge is 0.382 e. The molecule has 0 amide bonds. The molecule has 2 nitrogen and oxygen atoms in total. The molecule has 0 rings (SSSR count). The van der Waals surface area contributed by atoms with Crippen molar-refractivity contribution in [1.29, 1.82) is 0 Å². The molecule has 7 heavy (non-hydrogen) atoms. The zero-order valence-electron chi connectivity index (χ0n) is 4.68. The molecule has 0 saturated heterocycles. The SMILES string of the molecule is [CH]C(COC)OC. The number of ether oxygens (including phenoxy) is 2. The number of hydrogen-bond acceptors (Lipinski definition) is 2. The third-order valence-corrected chi connectivity index (χ3v) is 0.634. The van der Waals surface area contributed by atoms with Gasteiger partial charge in [-0.15, -0.1) is 0 Å². The summed E-state index contributed by atoms with van der Waals surface area (Å²) in [5.41, 5.74) is 0. The first kappa shape index (κ1) is 6.92. The quantitative estimate of drug-likeness (QED) is 0.512. The molecule has 0 aromatic rings. The predicted molar refractivity (Wildman–Crippen MR) is 27.0 cm³/mol. The van der Waals surface area contributed by atoms with Crippen LogP contribution in [-0.4, -0.2) is 26.9 Å². The molecule has 0 saturated carbocycles. The summed E-state index contributed by atoms with van der Waals surface area (Å²) >= 11 is 0. The van der Waals surface area contributed by atoms with Crippen molar-refractivity contribution >= 4 is 0 Å². The average Bonchev–Trinajstić information content (AvgIpc) is 1.68. The first-order valence-corrected chi connectivity index (χ1v) is 2.08. The summed E-state index contributed by atoms with van der Waals surface area (Å²) in [6.07, 6.45) is -0.273. The van der Waals surface area contributed by atoms with E-state index in [1.165, 1.54) is 0 Å². The van der Waals surface area contributed by atoms with Crippen LogP contribution in [0.3, 0.4) is 0 Å². The van der Waals surface area contributed by atoms with E-state index in [-0.39, 0.29) is 6.10 Å². The van der Waals surface area contributed by atoms with Crippen LogP contribution in [0.15, 0.2) is 0 Å². The lowest BCUT2D eigenvalue weighted by molar-refractivity contribution is 0.0555. The van der Waals surface area contributed by atoms with E-state index in [1.54, 1.807) is 14.2 Å². The van der Waals surface area contributed by atoms with Gasteiger partial charge in [-0.1, -0.05) is 0 Å². The van der Waals surface area contributed by atoms with Crippen molar-refractivity contribution in [1.82, 2.24) is 0 Å². The molecular formula is C5H10O2. The summed E-state index contributed by atoms with van der Waals surface area (Å²) in [6.45, 7) is 5.69. The fourth-order valence-electron chi connectivity index (χ4n) is 0.232. The van der Waals surface area contributed by atoms with Crippen molar-refractivity contribution in [3.8, 4) is 0 Å². The van der Waals surface area contributed by atoms with E-state index in [0.717, 1.165) is 0 Å². The zero-order chi connectivity index (χ0) is 5.70. The Morgan fingerprint density at radius 2 is 2.14 bits per heavy atom. The maximum Gasteiger partial charge on any atom is 0.0840 e. The van der Waals surface area contributed by atoms with Gasteiger partial charge < -0.3 is 9.47 Å². The Kier molecular flexibility index (Phi) is 4.04. The molecule has 0 aromatic carbocycles. The number of rotatable bonds is 3. The Bertz CT molecular complexity index is 37.1. The molecule has 0 spiro atoms. The minimum absolute atomic E-state index is 0.273. The third-order valence-electron chi connectivity index (χ3n) is 0.634. The van der Waals surface area contributed by atoms with Gasteiger partial charge in [0.15, 0.2) is 0 Å². The van der Waals surface area contributed by atoms with E-state index in [9.17, 15) is 0 Å². The Morgan fingerprint density at radius 1 is 1.57 bits per heavy atom. The maximum absolute atomic E-state index is 5.24. The van der Waals surface area contributed by atoms with Crippen molar-refractivity contribution in [3.63, 3.8) is 0 Å². The van der Waals surface area contributed by atoms with E-state index in [2.05, 4.69) is 9.47 Å². The molecule has 1 unspecified atom stereocenters. The van der Waals surface area contributed by atoms with E-state index in [4.69, 9.17) is 6.92 Å². The van der Waals surface area contributed by atoms with Crippen molar-refractivity contribution in [2.45, 2.75) is 6.10 Å². The molecule has 0 heterocycles. The standard InChI is InChI=1S/C5H10O2/c1-5(7-3)4-6-2/h1,5H,4H2,2-3H3. The summed E-state index contributed by atoms with van der Waals surface area (Å²) in [4.78, 5) is 0. The number of methoxy groups -OCH3 is 2. The molecule has 0 N–H and O–H groups in total. The van der Waals surface area contributed by atoms with Crippen LogP contribution < -0.4 is 0 Å². The highest BCUT2D eigenvalue weighted by molar-refractivity contribution is 4.54. The third kappa shape index (κ3) is 3.76. The van der Waals surface area contributed by atoms with Crippen LogP contribution >= 0.6 is 0 Å². The lowest BCUT2D eigenvalue weighted by atomic mass is 10.4. The van der Waals surface area contributed by atoms with E-state index in [0.29, 0.717) is 6.61 Å². The van der Waals surface area contributed by atoms with Crippen molar-refractivity contribution in [3.05, 3.63) is 6.92 Å². The summed E-state index contributed by atoms with van der Waals surface area (Å²) < 4.78 is 9.29. The predicted octanol–water partition coefficient (Wildman–Crippen LogP) is 0.359. The second-order valence-corrected chi connectivity index (χ2v) is 1.23. The molecule has 2 heteroatoms. The van der Waals surface area contributed by atoms with Crippen LogP contribution in [0.2, 0.25) is 0 Å². The first-order chi connectivity index (χ1) is 3.31.